The maximum absolute atomic E-state index is 12.6. The molecule has 0 spiro atoms. The number of nitrogens with zero attached hydrogens (tertiary/aromatic N) is 3. The molecule has 0 bridgehead atoms. The van der Waals surface area contributed by atoms with Crippen LogP contribution < -0.4 is 9.47 Å². The number of para-hydroxylation sites is 2. The molecule has 0 N–H and O–H groups in total. The molecule has 1 aromatic carbocycles. The highest BCUT2D eigenvalue weighted by atomic mass is 16.6. The van der Waals surface area contributed by atoms with Crippen LogP contribution in [0.4, 0.5) is 4.79 Å². The van der Waals surface area contributed by atoms with E-state index in [1.54, 1.807) is 4.90 Å². The van der Waals surface area contributed by atoms with E-state index in [9.17, 15) is 4.79 Å². The van der Waals surface area contributed by atoms with Crippen molar-refractivity contribution in [2.45, 2.75) is 58.6 Å². The van der Waals surface area contributed by atoms with Crippen molar-refractivity contribution in [1.29, 1.82) is 0 Å². The summed E-state index contributed by atoms with van der Waals surface area (Å²) >= 11 is 0. The van der Waals surface area contributed by atoms with Gasteiger partial charge in [0.2, 0.25) is 0 Å². The Morgan fingerprint density at radius 1 is 1.11 bits per heavy atom. The Morgan fingerprint density at radius 2 is 1.75 bits per heavy atom. The lowest BCUT2D eigenvalue weighted by Gasteiger charge is -2.36. The van der Waals surface area contributed by atoms with Gasteiger partial charge in [0.05, 0.1) is 23.7 Å². The number of piperidine rings is 1. The number of benzene rings is 1. The Morgan fingerprint density at radius 3 is 2.36 bits per heavy atom. The highest BCUT2D eigenvalue weighted by molar-refractivity contribution is 5.75. The summed E-state index contributed by atoms with van der Waals surface area (Å²) in [6.45, 7) is 8.98. The van der Waals surface area contributed by atoms with Crippen molar-refractivity contribution in [1.82, 2.24) is 14.9 Å². The minimum atomic E-state index is -0.522. The van der Waals surface area contributed by atoms with Crippen molar-refractivity contribution in [2.75, 3.05) is 19.8 Å². The van der Waals surface area contributed by atoms with Gasteiger partial charge in [-0.25, -0.2) is 14.8 Å². The average Bonchev–Trinajstić information content (AvgIpc) is 2.65. The van der Waals surface area contributed by atoms with Crippen molar-refractivity contribution >= 4 is 17.1 Å². The van der Waals surface area contributed by atoms with Crippen LogP contribution in [0.15, 0.2) is 24.3 Å². The molecule has 2 heterocycles. The highest BCUT2D eigenvalue weighted by Gasteiger charge is 2.31. The van der Waals surface area contributed by atoms with Gasteiger partial charge in [-0.2, -0.15) is 0 Å². The molecule has 7 nitrogen and oxygen atoms in total. The first-order chi connectivity index (χ1) is 13.4. The average molecular weight is 387 g/mol. The van der Waals surface area contributed by atoms with Gasteiger partial charge in [0.15, 0.2) is 0 Å². The van der Waals surface area contributed by atoms with Crippen LogP contribution >= 0.6 is 0 Å². The van der Waals surface area contributed by atoms with E-state index in [4.69, 9.17) is 14.2 Å². The SMILES string of the molecule is CCOc1nc2ccccc2nc1OC[C@@H]1CCCCN1C(=O)OC(C)(C)C. The second-order valence-corrected chi connectivity index (χ2v) is 7.89. The van der Waals surface area contributed by atoms with Gasteiger partial charge in [-0.1, -0.05) is 12.1 Å². The van der Waals surface area contributed by atoms with Crippen molar-refractivity contribution in [3.05, 3.63) is 24.3 Å². The number of carbonyl (C=O) groups is 1. The van der Waals surface area contributed by atoms with Gasteiger partial charge in [-0.3, -0.25) is 0 Å². The summed E-state index contributed by atoms with van der Waals surface area (Å²) in [6, 6.07) is 7.53. The third-order valence-corrected chi connectivity index (χ3v) is 4.46. The van der Waals surface area contributed by atoms with E-state index < -0.39 is 5.60 Å². The second kappa shape index (κ2) is 8.63. The number of fused-ring (bicyclic) bond motifs is 1. The van der Waals surface area contributed by atoms with E-state index in [1.807, 2.05) is 52.0 Å². The van der Waals surface area contributed by atoms with Gasteiger partial charge < -0.3 is 19.1 Å². The van der Waals surface area contributed by atoms with Crippen molar-refractivity contribution in [3.63, 3.8) is 0 Å². The fourth-order valence-electron chi connectivity index (χ4n) is 3.20. The number of aromatic nitrogens is 2. The summed E-state index contributed by atoms with van der Waals surface area (Å²) in [4.78, 5) is 23.4. The summed E-state index contributed by atoms with van der Waals surface area (Å²) in [5.74, 6) is 0.732. The zero-order valence-electron chi connectivity index (χ0n) is 17.1. The van der Waals surface area contributed by atoms with Crippen molar-refractivity contribution in [3.8, 4) is 11.8 Å². The Labute approximate surface area is 166 Å². The topological polar surface area (TPSA) is 73.8 Å². The molecule has 1 amide bonds. The van der Waals surface area contributed by atoms with Crippen LogP contribution in [0.5, 0.6) is 11.8 Å². The molecule has 1 aromatic heterocycles. The van der Waals surface area contributed by atoms with E-state index in [0.29, 0.717) is 31.5 Å². The Hall–Kier alpha value is -2.57. The molecule has 152 valence electrons. The van der Waals surface area contributed by atoms with Crippen LogP contribution in [0.3, 0.4) is 0 Å². The third kappa shape index (κ3) is 5.03. The minimum absolute atomic E-state index is 0.0636. The predicted octanol–water partition coefficient (Wildman–Crippen LogP) is 4.20. The molecule has 1 atom stereocenters. The van der Waals surface area contributed by atoms with E-state index in [1.165, 1.54) is 0 Å². The summed E-state index contributed by atoms with van der Waals surface area (Å²) in [5, 5.41) is 0. The fourth-order valence-corrected chi connectivity index (χ4v) is 3.20. The molecular formula is C21H29N3O4. The number of carbonyl (C=O) groups excluding carboxylic acids is 1. The number of amides is 1. The van der Waals surface area contributed by atoms with Gasteiger partial charge in [0, 0.05) is 6.54 Å². The lowest BCUT2D eigenvalue weighted by atomic mass is 10.0. The number of ether oxygens (including phenoxy) is 3. The molecule has 1 saturated heterocycles. The van der Waals surface area contributed by atoms with Crippen LogP contribution in [0.1, 0.15) is 47.0 Å². The molecule has 0 saturated carbocycles. The van der Waals surface area contributed by atoms with E-state index in [0.717, 1.165) is 30.3 Å². The molecule has 2 aromatic rings. The fraction of sp³-hybridized carbons (Fsp3) is 0.571. The standard InChI is InChI=1S/C21H29N3O4/c1-5-26-18-19(23-17-12-7-6-11-16(17)22-18)27-14-15-10-8-9-13-24(15)20(25)28-21(2,3)4/h6-7,11-12,15H,5,8-10,13-14H2,1-4H3/t15-/m0/s1. The van der Waals surface area contributed by atoms with Crippen LogP contribution in [0.2, 0.25) is 0 Å². The first-order valence-corrected chi connectivity index (χ1v) is 9.89. The van der Waals surface area contributed by atoms with Gasteiger partial charge in [-0.15, -0.1) is 0 Å². The minimum Gasteiger partial charge on any atom is -0.474 e. The van der Waals surface area contributed by atoms with Gasteiger partial charge >= 0.3 is 6.09 Å². The first-order valence-electron chi connectivity index (χ1n) is 9.89. The van der Waals surface area contributed by atoms with Gasteiger partial charge in [-0.05, 0) is 59.1 Å². The Bertz CT molecular complexity index is 819. The largest absolute Gasteiger partial charge is 0.474 e. The maximum Gasteiger partial charge on any atom is 0.410 e. The first kappa shape index (κ1) is 20.2. The summed E-state index contributed by atoms with van der Waals surface area (Å²) in [5.41, 5.74) is 0.978. The molecule has 1 aliphatic rings. The monoisotopic (exact) mass is 387 g/mol. The van der Waals surface area contributed by atoms with Crippen LogP contribution in [-0.2, 0) is 4.74 Å². The number of rotatable bonds is 5. The maximum atomic E-state index is 12.6. The zero-order valence-corrected chi connectivity index (χ0v) is 17.1. The van der Waals surface area contributed by atoms with E-state index in [2.05, 4.69) is 9.97 Å². The lowest BCUT2D eigenvalue weighted by Crippen LogP contribution is -2.48. The molecule has 3 rings (SSSR count). The summed E-state index contributed by atoms with van der Waals surface area (Å²) < 4.78 is 17.2. The zero-order chi connectivity index (χ0) is 20.1. The Balaban J connectivity index is 1.75. The highest BCUT2D eigenvalue weighted by Crippen LogP contribution is 2.27. The molecule has 0 unspecified atom stereocenters. The lowest BCUT2D eigenvalue weighted by molar-refractivity contribution is 0.00319. The normalized spacial score (nSPS) is 17.4. The number of hydrogen-bond donors (Lipinski definition) is 0. The van der Waals surface area contributed by atoms with Crippen molar-refractivity contribution in [2.24, 2.45) is 0 Å². The van der Waals surface area contributed by atoms with Crippen LogP contribution in [0.25, 0.3) is 11.0 Å². The quantitative estimate of drug-likeness (QED) is 0.766. The van der Waals surface area contributed by atoms with Crippen LogP contribution in [-0.4, -0.2) is 52.4 Å². The molecule has 0 aliphatic carbocycles. The Kier molecular flexibility index (Phi) is 6.21. The second-order valence-electron chi connectivity index (χ2n) is 7.89. The molecular weight excluding hydrogens is 358 g/mol. The van der Waals surface area contributed by atoms with E-state index in [-0.39, 0.29) is 12.1 Å². The summed E-state index contributed by atoms with van der Waals surface area (Å²) in [7, 11) is 0. The predicted molar refractivity (Wildman–Crippen MR) is 107 cm³/mol. The number of likely N-dealkylation sites (tertiary alicyclic amines) is 1. The smallest absolute Gasteiger partial charge is 0.410 e. The van der Waals surface area contributed by atoms with Gasteiger partial charge in [0.25, 0.3) is 11.8 Å². The molecule has 7 heteroatoms. The molecule has 28 heavy (non-hydrogen) atoms. The number of hydrogen-bond acceptors (Lipinski definition) is 6. The molecule has 1 aliphatic heterocycles. The van der Waals surface area contributed by atoms with Crippen molar-refractivity contribution < 1.29 is 19.0 Å². The molecule has 1 fully saturated rings. The summed E-state index contributed by atoms with van der Waals surface area (Å²) in [6.07, 6.45) is 2.59. The van der Waals surface area contributed by atoms with E-state index >= 15 is 0 Å². The van der Waals surface area contributed by atoms with Crippen LogP contribution in [0, 0.1) is 0 Å². The van der Waals surface area contributed by atoms with Gasteiger partial charge in [0.1, 0.15) is 12.2 Å². The third-order valence-electron chi connectivity index (χ3n) is 4.46. The molecule has 0 radical (unpaired) electrons.